The minimum atomic E-state index is -0.840. The highest BCUT2D eigenvalue weighted by Crippen LogP contribution is 2.18. The SMILES string of the molecule is CCCCCCCCCC/C=C/C(O)C(CO)NC(=O)CCCCCCCCCCCCCCCCCCCCCCCCCCCOC(=O)CCCCCCCCCCCCCCCCCCC. The molecule has 0 fully saturated rings. The molecule has 3 N–H and O–H groups in total. The highest BCUT2D eigenvalue weighted by Gasteiger charge is 2.18. The molecule has 6 heteroatoms. The van der Waals surface area contributed by atoms with Crippen molar-refractivity contribution in [1.29, 1.82) is 0 Å². The van der Waals surface area contributed by atoms with Gasteiger partial charge in [-0.05, 0) is 32.1 Å². The van der Waals surface area contributed by atoms with Gasteiger partial charge in [-0.2, -0.15) is 0 Å². The average molecular weight is 975 g/mol. The number of aliphatic hydroxyl groups excluding tert-OH is 2. The van der Waals surface area contributed by atoms with Crippen molar-refractivity contribution in [2.75, 3.05) is 13.2 Å². The summed E-state index contributed by atoms with van der Waals surface area (Å²) < 4.78 is 5.50. The molecule has 410 valence electrons. The highest BCUT2D eigenvalue weighted by atomic mass is 16.5. The zero-order valence-electron chi connectivity index (χ0n) is 46.8. The Kier molecular flexibility index (Phi) is 58.0. The molecular weight excluding hydrogens is 851 g/mol. The Bertz CT molecular complexity index is 1030. The molecule has 0 aliphatic carbocycles. The molecule has 2 unspecified atom stereocenters. The average Bonchev–Trinajstić information content (AvgIpc) is 3.35. The fourth-order valence-electron chi connectivity index (χ4n) is 9.99. The first-order valence-corrected chi connectivity index (χ1v) is 31.5. The number of hydrogen-bond acceptors (Lipinski definition) is 5. The van der Waals surface area contributed by atoms with Gasteiger partial charge in [-0.1, -0.05) is 321 Å². The lowest BCUT2D eigenvalue weighted by atomic mass is 10.0. The van der Waals surface area contributed by atoms with E-state index in [4.69, 9.17) is 4.74 Å². The molecule has 0 heterocycles. The smallest absolute Gasteiger partial charge is 0.305 e. The van der Waals surface area contributed by atoms with Crippen LogP contribution in [0.3, 0.4) is 0 Å². The van der Waals surface area contributed by atoms with Gasteiger partial charge in [0.1, 0.15) is 0 Å². The summed E-state index contributed by atoms with van der Waals surface area (Å²) in [4.78, 5) is 24.5. The number of rotatable bonds is 59. The van der Waals surface area contributed by atoms with Gasteiger partial charge in [-0.3, -0.25) is 9.59 Å². The van der Waals surface area contributed by atoms with Crippen molar-refractivity contribution in [3.63, 3.8) is 0 Å². The number of allylic oxidation sites excluding steroid dienone is 1. The normalized spacial score (nSPS) is 12.6. The van der Waals surface area contributed by atoms with Crippen LogP contribution < -0.4 is 5.32 Å². The minimum absolute atomic E-state index is 0.0204. The molecule has 0 rings (SSSR count). The third kappa shape index (κ3) is 55.8. The highest BCUT2D eigenvalue weighted by molar-refractivity contribution is 5.76. The summed E-state index contributed by atoms with van der Waals surface area (Å²) in [5.41, 5.74) is 0. The van der Waals surface area contributed by atoms with Gasteiger partial charge in [-0.15, -0.1) is 0 Å². The van der Waals surface area contributed by atoms with E-state index in [9.17, 15) is 19.8 Å². The van der Waals surface area contributed by atoms with Gasteiger partial charge in [0.2, 0.25) is 5.91 Å². The van der Waals surface area contributed by atoms with Crippen molar-refractivity contribution >= 4 is 11.9 Å². The molecule has 69 heavy (non-hydrogen) atoms. The number of esters is 1. The first-order valence-electron chi connectivity index (χ1n) is 31.5. The monoisotopic (exact) mass is 974 g/mol. The molecule has 0 aromatic rings. The van der Waals surface area contributed by atoms with Crippen molar-refractivity contribution in [3.8, 4) is 0 Å². The second-order valence-corrected chi connectivity index (χ2v) is 21.8. The van der Waals surface area contributed by atoms with E-state index in [1.807, 2.05) is 6.08 Å². The van der Waals surface area contributed by atoms with Crippen LogP contribution >= 0.6 is 0 Å². The molecule has 2 atom stereocenters. The number of unbranched alkanes of at least 4 members (excludes halogenated alkanes) is 48. The second kappa shape index (κ2) is 59.2. The maximum atomic E-state index is 12.4. The molecule has 0 radical (unpaired) electrons. The van der Waals surface area contributed by atoms with Crippen LogP contribution in [0, 0.1) is 0 Å². The number of ether oxygens (including phenoxy) is 1. The summed E-state index contributed by atoms with van der Waals surface area (Å²) in [7, 11) is 0. The first kappa shape index (κ1) is 67.6. The van der Waals surface area contributed by atoms with E-state index in [-0.39, 0.29) is 18.5 Å². The predicted molar refractivity (Wildman–Crippen MR) is 301 cm³/mol. The second-order valence-electron chi connectivity index (χ2n) is 21.8. The Morgan fingerprint density at radius 3 is 0.986 bits per heavy atom. The van der Waals surface area contributed by atoms with Crippen molar-refractivity contribution in [2.24, 2.45) is 0 Å². The van der Waals surface area contributed by atoms with Gasteiger partial charge in [0, 0.05) is 12.8 Å². The Balaban J connectivity index is 3.32. The van der Waals surface area contributed by atoms with Crippen LogP contribution in [0.15, 0.2) is 12.2 Å². The molecule has 0 aromatic carbocycles. The van der Waals surface area contributed by atoms with E-state index in [0.29, 0.717) is 19.4 Å². The summed E-state index contributed by atoms with van der Waals surface area (Å²) >= 11 is 0. The Hall–Kier alpha value is -1.40. The zero-order valence-corrected chi connectivity index (χ0v) is 46.8. The summed E-state index contributed by atoms with van der Waals surface area (Å²) in [5, 5.41) is 23.0. The van der Waals surface area contributed by atoms with Crippen molar-refractivity contribution in [3.05, 3.63) is 12.2 Å². The maximum absolute atomic E-state index is 12.4. The van der Waals surface area contributed by atoms with Crippen LogP contribution in [0.4, 0.5) is 0 Å². The van der Waals surface area contributed by atoms with E-state index >= 15 is 0 Å². The van der Waals surface area contributed by atoms with Gasteiger partial charge in [0.15, 0.2) is 0 Å². The Morgan fingerprint density at radius 2 is 0.667 bits per heavy atom. The number of carbonyl (C=O) groups excluding carboxylic acids is 2. The summed E-state index contributed by atoms with van der Waals surface area (Å²) in [5.74, 6) is -0.0463. The zero-order chi connectivity index (χ0) is 50.0. The number of carbonyl (C=O) groups is 2. The molecule has 0 bridgehead atoms. The van der Waals surface area contributed by atoms with Crippen LogP contribution in [-0.2, 0) is 14.3 Å². The molecule has 1 amide bonds. The fraction of sp³-hybridized carbons (Fsp3) is 0.937. The lowest BCUT2D eigenvalue weighted by Gasteiger charge is -2.20. The van der Waals surface area contributed by atoms with E-state index in [1.165, 1.54) is 289 Å². The first-order chi connectivity index (χ1) is 34.0. The molecule has 0 saturated carbocycles. The standard InChI is InChI=1S/C63H123NO5/c1-3-5-7-9-11-13-15-16-17-27-31-34-37-41-45-49-53-57-63(68)69-58-54-50-46-42-38-35-32-29-26-24-22-20-18-19-21-23-25-28-30-33-36-40-44-48-52-56-62(67)64-60(59-65)61(66)55-51-47-43-39-14-12-10-8-6-4-2/h51,55,60-61,65-66H,3-50,52-54,56-59H2,1-2H3,(H,64,67)/b55-51+. The number of hydrogen-bond donors (Lipinski definition) is 3. The van der Waals surface area contributed by atoms with Gasteiger partial charge < -0.3 is 20.3 Å². The molecule has 6 nitrogen and oxygen atoms in total. The third-order valence-corrected chi connectivity index (χ3v) is 14.8. The number of nitrogens with one attached hydrogen (secondary N) is 1. The third-order valence-electron chi connectivity index (χ3n) is 14.8. The van der Waals surface area contributed by atoms with Crippen LogP contribution in [0.2, 0.25) is 0 Å². The van der Waals surface area contributed by atoms with Crippen LogP contribution in [0.5, 0.6) is 0 Å². The largest absolute Gasteiger partial charge is 0.466 e. The summed E-state index contributed by atoms with van der Waals surface area (Å²) in [6, 6.07) is -0.624. The van der Waals surface area contributed by atoms with Crippen LogP contribution in [0.1, 0.15) is 354 Å². The van der Waals surface area contributed by atoms with E-state index in [1.54, 1.807) is 6.08 Å². The quantitative estimate of drug-likeness (QED) is 0.0321. The molecule has 0 aliphatic rings. The molecule has 0 spiro atoms. The molecular formula is C63H123NO5. The summed E-state index contributed by atoms with van der Waals surface area (Å²) in [6.07, 6.45) is 71.3. The van der Waals surface area contributed by atoms with Crippen LogP contribution in [-0.4, -0.2) is 47.4 Å². The lowest BCUT2D eigenvalue weighted by molar-refractivity contribution is -0.143. The molecule has 0 aliphatic heterocycles. The molecule has 0 saturated heterocycles. The van der Waals surface area contributed by atoms with Gasteiger partial charge in [0.05, 0.1) is 25.4 Å². The Morgan fingerprint density at radius 1 is 0.391 bits per heavy atom. The van der Waals surface area contributed by atoms with Crippen LogP contribution in [0.25, 0.3) is 0 Å². The van der Waals surface area contributed by atoms with Crippen molar-refractivity contribution in [1.82, 2.24) is 5.32 Å². The fourth-order valence-corrected chi connectivity index (χ4v) is 9.99. The van der Waals surface area contributed by atoms with E-state index < -0.39 is 12.1 Å². The van der Waals surface area contributed by atoms with Gasteiger partial charge >= 0.3 is 5.97 Å². The van der Waals surface area contributed by atoms with Crippen molar-refractivity contribution < 1.29 is 24.5 Å². The maximum Gasteiger partial charge on any atom is 0.305 e. The minimum Gasteiger partial charge on any atom is -0.466 e. The molecule has 0 aromatic heterocycles. The number of amides is 1. The predicted octanol–water partition coefficient (Wildman–Crippen LogP) is 19.6. The Labute approximate surface area is 431 Å². The number of aliphatic hydroxyl groups is 2. The van der Waals surface area contributed by atoms with Crippen molar-refractivity contribution in [2.45, 2.75) is 366 Å². The van der Waals surface area contributed by atoms with E-state index in [0.717, 1.165) is 38.5 Å². The van der Waals surface area contributed by atoms with Gasteiger partial charge in [-0.25, -0.2) is 0 Å². The van der Waals surface area contributed by atoms with E-state index in [2.05, 4.69) is 19.2 Å². The summed E-state index contributed by atoms with van der Waals surface area (Å²) in [6.45, 7) is 4.91. The van der Waals surface area contributed by atoms with Gasteiger partial charge in [0.25, 0.3) is 0 Å². The lowest BCUT2D eigenvalue weighted by Crippen LogP contribution is -2.45. The topological polar surface area (TPSA) is 95.9 Å².